The summed E-state index contributed by atoms with van der Waals surface area (Å²) in [5.74, 6) is 0.0718. The Morgan fingerprint density at radius 3 is 1.70 bits per heavy atom. The summed E-state index contributed by atoms with van der Waals surface area (Å²) < 4.78 is 0. The fourth-order valence-corrected chi connectivity index (χ4v) is 0.420. The molecule has 0 aromatic heterocycles. The summed E-state index contributed by atoms with van der Waals surface area (Å²) in [6, 6.07) is 8.33. The second-order valence-electron chi connectivity index (χ2n) is 1.31. The van der Waals surface area contributed by atoms with E-state index in [1.54, 1.807) is 12.1 Å². The molecule has 0 radical (unpaired) electrons. The third-order valence-electron chi connectivity index (χ3n) is 0.743. The van der Waals surface area contributed by atoms with Gasteiger partial charge in [-0.2, -0.15) is 0 Å². The zero-order chi connectivity index (χ0) is 7.11. The Labute approximate surface area is 82.8 Å². The van der Waals surface area contributed by atoms with Crippen molar-refractivity contribution in [2.75, 3.05) is 7.11 Å². The Balaban J connectivity index is 0. The SMILES string of the molecule is CO.[Na+].[O-]c1ccccc1. The van der Waals surface area contributed by atoms with Crippen molar-refractivity contribution in [1.29, 1.82) is 0 Å². The van der Waals surface area contributed by atoms with Gasteiger partial charge in [-0.15, -0.1) is 5.75 Å². The summed E-state index contributed by atoms with van der Waals surface area (Å²) in [4.78, 5) is 0. The van der Waals surface area contributed by atoms with Gasteiger partial charge in [0.2, 0.25) is 0 Å². The van der Waals surface area contributed by atoms with Crippen molar-refractivity contribution in [3.05, 3.63) is 30.3 Å². The molecule has 0 atom stereocenters. The van der Waals surface area contributed by atoms with E-state index >= 15 is 0 Å². The molecule has 0 aliphatic rings. The van der Waals surface area contributed by atoms with Crippen LogP contribution < -0.4 is 34.7 Å². The number of aliphatic hydroxyl groups excluding tert-OH is 1. The molecule has 10 heavy (non-hydrogen) atoms. The molecule has 0 aliphatic carbocycles. The van der Waals surface area contributed by atoms with Crippen molar-refractivity contribution >= 4 is 0 Å². The zero-order valence-corrected chi connectivity index (χ0v) is 8.24. The van der Waals surface area contributed by atoms with Gasteiger partial charge in [-0.25, -0.2) is 0 Å². The van der Waals surface area contributed by atoms with Gasteiger partial charge in [0.05, 0.1) is 0 Å². The van der Waals surface area contributed by atoms with Crippen LogP contribution in [0.5, 0.6) is 5.75 Å². The molecule has 0 saturated carbocycles. The number of para-hydroxylation sites is 1. The Morgan fingerprint density at radius 1 is 1.10 bits per heavy atom. The molecule has 0 fully saturated rings. The van der Waals surface area contributed by atoms with Crippen LogP contribution in [-0.4, -0.2) is 12.2 Å². The first kappa shape index (κ1) is 12.6. The first-order chi connectivity index (χ1) is 4.39. The summed E-state index contributed by atoms with van der Waals surface area (Å²) in [7, 11) is 1.00. The van der Waals surface area contributed by atoms with Gasteiger partial charge in [0, 0.05) is 7.11 Å². The van der Waals surface area contributed by atoms with Gasteiger partial charge in [-0.1, -0.05) is 30.3 Å². The fourth-order valence-electron chi connectivity index (χ4n) is 0.420. The average molecular weight is 148 g/mol. The average Bonchev–Trinajstić information content (AvgIpc) is 1.94. The molecule has 0 bridgehead atoms. The summed E-state index contributed by atoms with van der Waals surface area (Å²) in [5.41, 5.74) is 0. The fraction of sp³-hybridized carbons (Fsp3) is 0.143. The molecule has 0 heterocycles. The van der Waals surface area contributed by atoms with Crippen LogP contribution in [0.2, 0.25) is 0 Å². The van der Waals surface area contributed by atoms with Crippen LogP contribution in [0.1, 0.15) is 0 Å². The van der Waals surface area contributed by atoms with E-state index in [9.17, 15) is 5.11 Å². The van der Waals surface area contributed by atoms with Crippen LogP contribution in [0.4, 0.5) is 0 Å². The van der Waals surface area contributed by atoms with Gasteiger partial charge < -0.3 is 10.2 Å². The van der Waals surface area contributed by atoms with E-state index in [1.165, 1.54) is 12.1 Å². The maximum atomic E-state index is 10.3. The first-order valence-electron chi connectivity index (χ1n) is 2.56. The quantitative estimate of drug-likeness (QED) is 0.409. The van der Waals surface area contributed by atoms with Gasteiger partial charge in [0.25, 0.3) is 0 Å². The predicted molar refractivity (Wildman–Crippen MR) is 34.0 cm³/mol. The topological polar surface area (TPSA) is 43.3 Å². The van der Waals surface area contributed by atoms with Crippen molar-refractivity contribution in [3.63, 3.8) is 0 Å². The molecule has 50 valence electrons. The molecular weight excluding hydrogens is 139 g/mol. The van der Waals surface area contributed by atoms with Crippen LogP contribution >= 0.6 is 0 Å². The van der Waals surface area contributed by atoms with Gasteiger partial charge >= 0.3 is 29.6 Å². The van der Waals surface area contributed by atoms with Crippen LogP contribution in [-0.2, 0) is 0 Å². The monoisotopic (exact) mass is 148 g/mol. The van der Waals surface area contributed by atoms with E-state index in [0.717, 1.165) is 7.11 Å². The normalized spacial score (nSPS) is 6.60. The molecule has 0 unspecified atom stereocenters. The van der Waals surface area contributed by atoms with Gasteiger partial charge in [0.15, 0.2) is 0 Å². The van der Waals surface area contributed by atoms with Crippen LogP contribution in [0.25, 0.3) is 0 Å². The van der Waals surface area contributed by atoms with Crippen molar-refractivity contribution in [2.45, 2.75) is 0 Å². The number of benzene rings is 1. The molecule has 0 spiro atoms. The minimum atomic E-state index is 0. The van der Waals surface area contributed by atoms with E-state index in [1.807, 2.05) is 6.07 Å². The van der Waals surface area contributed by atoms with E-state index < -0.39 is 0 Å². The van der Waals surface area contributed by atoms with Gasteiger partial charge in [-0.3, -0.25) is 0 Å². The number of hydrogen-bond donors (Lipinski definition) is 1. The number of hydrogen-bond acceptors (Lipinski definition) is 2. The van der Waals surface area contributed by atoms with Crippen molar-refractivity contribution < 1.29 is 39.8 Å². The van der Waals surface area contributed by atoms with Crippen molar-refractivity contribution in [3.8, 4) is 5.75 Å². The Kier molecular flexibility index (Phi) is 11.3. The predicted octanol–water partition coefficient (Wildman–Crippen LogP) is -2.63. The van der Waals surface area contributed by atoms with Crippen LogP contribution in [0.15, 0.2) is 30.3 Å². The molecular formula is C7H9NaO2. The van der Waals surface area contributed by atoms with Gasteiger partial charge in [-0.05, 0) is 0 Å². The molecule has 0 amide bonds. The van der Waals surface area contributed by atoms with Crippen molar-refractivity contribution in [1.82, 2.24) is 0 Å². The zero-order valence-electron chi connectivity index (χ0n) is 6.24. The summed E-state index contributed by atoms with van der Waals surface area (Å²) in [5, 5.41) is 17.3. The van der Waals surface area contributed by atoms with E-state index in [-0.39, 0.29) is 35.3 Å². The number of aliphatic hydroxyl groups is 1. The van der Waals surface area contributed by atoms with E-state index in [4.69, 9.17) is 5.11 Å². The third-order valence-corrected chi connectivity index (χ3v) is 0.743. The molecule has 1 aromatic rings. The van der Waals surface area contributed by atoms with Crippen LogP contribution in [0, 0.1) is 0 Å². The second kappa shape index (κ2) is 8.98. The standard InChI is InChI=1S/C6H6O.CH4O.Na/c7-6-4-2-1-3-5-6;1-2;/h1-5,7H;2H,1H3;/q;;+1/p-1. The molecule has 3 heteroatoms. The third kappa shape index (κ3) is 6.11. The Bertz CT molecular complexity index is 142. The van der Waals surface area contributed by atoms with Gasteiger partial charge in [0.1, 0.15) is 0 Å². The largest absolute Gasteiger partial charge is 1.00 e. The minimum absolute atomic E-state index is 0. The van der Waals surface area contributed by atoms with E-state index in [2.05, 4.69) is 0 Å². The second-order valence-corrected chi connectivity index (χ2v) is 1.31. The van der Waals surface area contributed by atoms with E-state index in [0.29, 0.717) is 0 Å². The van der Waals surface area contributed by atoms with Crippen molar-refractivity contribution in [2.24, 2.45) is 0 Å². The Morgan fingerprint density at radius 2 is 1.50 bits per heavy atom. The maximum Gasteiger partial charge on any atom is 1.00 e. The Hall–Kier alpha value is -0.0200. The molecule has 1 aromatic carbocycles. The number of rotatable bonds is 0. The molecule has 1 rings (SSSR count). The maximum absolute atomic E-state index is 10.3. The molecule has 0 saturated heterocycles. The summed E-state index contributed by atoms with van der Waals surface area (Å²) in [6.07, 6.45) is 0. The smallest absolute Gasteiger partial charge is 0.872 e. The minimum Gasteiger partial charge on any atom is -0.872 e. The summed E-state index contributed by atoms with van der Waals surface area (Å²) in [6.45, 7) is 0. The van der Waals surface area contributed by atoms with Crippen LogP contribution in [0.3, 0.4) is 0 Å². The first-order valence-corrected chi connectivity index (χ1v) is 2.56. The molecule has 1 N–H and O–H groups in total. The molecule has 0 aliphatic heterocycles. The summed E-state index contributed by atoms with van der Waals surface area (Å²) >= 11 is 0. The molecule has 2 nitrogen and oxygen atoms in total.